The lowest BCUT2D eigenvalue weighted by Crippen LogP contribution is -2.25. The first-order valence-corrected chi connectivity index (χ1v) is 6.46. The molecule has 0 aliphatic heterocycles. The Balaban J connectivity index is 0.000000555. The van der Waals surface area contributed by atoms with Crippen LogP contribution in [-0.4, -0.2) is 17.7 Å². The fourth-order valence-corrected chi connectivity index (χ4v) is 1.43. The summed E-state index contributed by atoms with van der Waals surface area (Å²) in [7, 11) is 0. The molecule has 0 spiro atoms. The lowest BCUT2D eigenvalue weighted by Gasteiger charge is -2.05. The predicted molar refractivity (Wildman–Crippen MR) is 69.5 cm³/mol. The van der Waals surface area contributed by atoms with Crippen LogP contribution in [0.15, 0.2) is 17.5 Å². The van der Waals surface area contributed by atoms with E-state index in [1.54, 1.807) is 5.38 Å². The summed E-state index contributed by atoms with van der Waals surface area (Å²) in [5.74, 6) is -2.79. The average Bonchev–Trinajstić information content (AvgIpc) is 2.65. The Bertz CT molecular complexity index is 408. The van der Waals surface area contributed by atoms with Crippen LogP contribution in [0.1, 0.15) is 43.8 Å². The zero-order chi connectivity index (χ0) is 15.3. The van der Waals surface area contributed by atoms with Gasteiger partial charge < -0.3 is 0 Å². The quantitative estimate of drug-likeness (QED) is 0.607. The summed E-state index contributed by atoms with van der Waals surface area (Å²) in [6, 6.07) is 2.92. The first-order valence-electron chi connectivity index (χ1n) is 5.58. The average molecular weight is 294 g/mol. The minimum absolute atomic E-state index is 0.169. The molecule has 108 valence electrons. The van der Waals surface area contributed by atoms with E-state index in [0.29, 0.717) is 5.41 Å². The molecule has 1 heterocycles. The third-order valence-corrected chi connectivity index (χ3v) is 2.34. The number of alkyl halides is 3. The van der Waals surface area contributed by atoms with Crippen LogP contribution < -0.4 is 0 Å². The zero-order valence-electron chi connectivity index (χ0n) is 11.3. The van der Waals surface area contributed by atoms with Gasteiger partial charge in [-0.25, -0.2) is 0 Å². The van der Waals surface area contributed by atoms with Crippen LogP contribution in [0.4, 0.5) is 13.2 Å². The van der Waals surface area contributed by atoms with E-state index in [1.807, 2.05) is 0 Å². The van der Waals surface area contributed by atoms with E-state index in [2.05, 4.69) is 27.7 Å². The minimum Gasteiger partial charge on any atom is -0.293 e. The Morgan fingerprint density at radius 2 is 1.63 bits per heavy atom. The molecular weight excluding hydrogens is 277 g/mol. The molecule has 0 aromatic carbocycles. The van der Waals surface area contributed by atoms with E-state index < -0.39 is 24.2 Å². The summed E-state index contributed by atoms with van der Waals surface area (Å²) in [5.41, 5.74) is 0.500. The van der Waals surface area contributed by atoms with Crippen LogP contribution >= 0.6 is 11.3 Å². The number of halogens is 3. The molecule has 0 atom stereocenters. The molecule has 2 nitrogen and oxygen atoms in total. The summed E-state index contributed by atoms with van der Waals surface area (Å²) in [4.78, 5) is 21.7. The molecule has 0 fully saturated rings. The van der Waals surface area contributed by atoms with Crippen molar-refractivity contribution in [2.75, 3.05) is 0 Å². The van der Waals surface area contributed by atoms with Gasteiger partial charge in [0.15, 0.2) is 5.78 Å². The SMILES string of the molecule is CC(C)(C)C.O=C(CC(=O)C(F)(F)F)c1cccs1. The lowest BCUT2D eigenvalue weighted by molar-refractivity contribution is -0.170. The number of Topliss-reactive ketones (excluding diaryl/α,β-unsaturated/α-hetero) is 2. The molecule has 0 bridgehead atoms. The molecule has 0 amide bonds. The lowest BCUT2D eigenvalue weighted by atomic mass is 10.0. The summed E-state index contributed by atoms with van der Waals surface area (Å²) >= 11 is 1.01. The maximum absolute atomic E-state index is 11.8. The molecule has 6 heteroatoms. The first kappa shape index (κ1) is 17.8. The molecule has 1 rings (SSSR count). The smallest absolute Gasteiger partial charge is 0.293 e. The highest BCUT2D eigenvalue weighted by Gasteiger charge is 2.39. The molecule has 0 aliphatic carbocycles. The Morgan fingerprint density at radius 3 is 1.95 bits per heavy atom. The molecule has 1 aromatic rings. The Kier molecular flexibility index (Phi) is 6.42. The molecule has 0 saturated carbocycles. The molecular formula is C13H17F3O2S. The maximum atomic E-state index is 11.8. The Hall–Kier alpha value is -1.17. The highest BCUT2D eigenvalue weighted by Crippen LogP contribution is 2.20. The highest BCUT2D eigenvalue weighted by atomic mass is 32.1. The standard InChI is InChI=1S/C8H5F3O2S.C5H12/c9-8(10,11)7(13)4-5(12)6-2-1-3-14-6;1-5(2,3)4/h1-3H,4H2;1-4H3. The van der Waals surface area contributed by atoms with E-state index in [1.165, 1.54) is 12.1 Å². The van der Waals surface area contributed by atoms with Gasteiger partial charge in [0, 0.05) is 0 Å². The summed E-state index contributed by atoms with van der Waals surface area (Å²) < 4.78 is 35.3. The van der Waals surface area contributed by atoms with Gasteiger partial charge in [0.1, 0.15) is 0 Å². The van der Waals surface area contributed by atoms with Crippen molar-refractivity contribution in [2.24, 2.45) is 5.41 Å². The number of ketones is 2. The highest BCUT2D eigenvalue weighted by molar-refractivity contribution is 7.12. The monoisotopic (exact) mass is 294 g/mol. The van der Waals surface area contributed by atoms with Gasteiger partial charge in [-0.2, -0.15) is 13.2 Å². The first-order chi connectivity index (χ1) is 8.41. The van der Waals surface area contributed by atoms with Crippen LogP contribution in [0.25, 0.3) is 0 Å². The van der Waals surface area contributed by atoms with Gasteiger partial charge in [-0.15, -0.1) is 11.3 Å². The normalized spacial score (nSPS) is 11.5. The predicted octanol–water partition coefficient (Wildman–Crippen LogP) is 4.50. The summed E-state index contributed by atoms with van der Waals surface area (Å²) in [6.45, 7) is 8.75. The van der Waals surface area contributed by atoms with E-state index in [-0.39, 0.29) is 4.88 Å². The van der Waals surface area contributed by atoms with Gasteiger partial charge in [-0.1, -0.05) is 33.8 Å². The fourth-order valence-electron chi connectivity index (χ4n) is 0.770. The zero-order valence-corrected chi connectivity index (χ0v) is 12.1. The number of hydrogen-bond donors (Lipinski definition) is 0. The third kappa shape index (κ3) is 9.41. The maximum Gasteiger partial charge on any atom is 0.450 e. The van der Waals surface area contributed by atoms with Crippen molar-refractivity contribution in [3.63, 3.8) is 0 Å². The van der Waals surface area contributed by atoms with Crippen molar-refractivity contribution >= 4 is 22.9 Å². The topological polar surface area (TPSA) is 34.1 Å². The fraction of sp³-hybridized carbons (Fsp3) is 0.538. The van der Waals surface area contributed by atoms with Crippen LogP contribution in [0.2, 0.25) is 0 Å². The van der Waals surface area contributed by atoms with Crippen LogP contribution in [-0.2, 0) is 4.79 Å². The van der Waals surface area contributed by atoms with Crippen LogP contribution in [0.3, 0.4) is 0 Å². The molecule has 0 saturated heterocycles. The number of rotatable bonds is 3. The van der Waals surface area contributed by atoms with Crippen molar-refractivity contribution in [2.45, 2.75) is 40.3 Å². The van der Waals surface area contributed by atoms with Gasteiger partial charge >= 0.3 is 6.18 Å². The third-order valence-electron chi connectivity index (χ3n) is 1.43. The van der Waals surface area contributed by atoms with Gasteiger partial charge in [0.25, 0.3) is 0 Å². The minimum atomic E-state index is -4.92. The van der Waals surface area contributed by atoms with Gasteiger partial charge in [-0.05, 0) is 16.9 Å². The molecule has 0 unspecified atom stereocenters. The van der Waals surface area contributed by atoms with Crippen molar-refractivity contribution in [3.8, 4) is 0 Å². The molecule has 19 heavy (non-hydrogen) atoms. The van der Waals surface area contributed by atoms with E-state index in [0.717, 1.165) is 11.3 Å². The molecule has 0 aliphatic rings. The second kappa shape index (κ2) is 6.84. The van der Waals surface area contributed by atoms with Gasteiger partial charge in [0.05, 0.1) is 11.3 Å². The number of carbonyl (C=O) groups excluding carboxylic acids is 2. The molecule has 0 radical (unpaired) electrons. The number of thiophene rings is 1. The van der Waals surface area contributed by atoms with E-state index in [9.17, 15) is 22.8 Å². The largest absolute Gasteiger partial charge is 0.450 e. The Morgan fingerprint density at radius 1 is 1.16 bits per heavy atom. The van der Waals surface area contributed by atoms with Gasteiger partial charge in [0.2, 0.25) is 5.78 Å². The van der Waals surface area contributed by atoms with Crippen molar-refractivity contribution in [1.29, 1.82) is 0 Å². The second-order valence-electron chi connectivity index (χ2n) is 5.50. The van der Waals surface area contributed by atoms with E-state index in [4.69, 9.17) is 0 Å². The summed E-state index contributed by atoms with van der Waals surface area (Å²) in [5, 5.41) is 1.56. The van der Waals surface area contributed by atoms with Crippen LogP contribution in [0.5, 0.6) is 0 Å². The number of hydrogen-bond acceptors (Lipinski definition) is 3. The van der Waals surface area contributed by atoms with Crippen LogP contribution in [0, 0.1) is 5.41 Å². The van der Waals surface area contributed by atoms with Crippen molar-refractivity contribution in [3.05, 3.63) is 22.4 Å². The second-order valence-corrected chi connectivity index (χ2v) is 6.45. The molecule has 1 aromatic heterocycles. The number of carbonyl (C=O) groups is 2. The molecule has 0 N–H and O–H groups in total. The van der Waals surface area contributed by atoms with E-state index >= 15 is 0 Å². The van der Waals surface area contributed by atoms with Crippen molar-refractivity contribution < 1.29 is 22.8 Å². The van der Waals surface area contributed by atoms with Gasteiger partial charge in [-0.3, -0.25) is 9.59 Å². The van der Waals surface area contributed by atoms with Crippen molar-refractivity contribution in [1.82, 2.24) is 0 Å². The Labute approximate surface area is 114 Å². The summed E-state index contributed by atoms with van der Waals surface area (Å²) in [6.07, 6.45) is -6.03.